The zero-order chi connectivity index (χ0) is 30.0. The van der Waals surface area contributed by atoms with Crippen LogP contribution in [0.1, 0.15) is 79.6 Å². The number of nitrogens with zero attached hydrogens (tertiary/aromatic N) is 2. The van der Waals surface area contributed by atoms with E-state index in [9.17, 15) is 14.7 Å². The van der Waals surface area contributed by atoms with Gasteiger partial charge in [0.1, 0.15) is 0 Å². The second kappa shape index (κ2) is 14.9. The number of hydrogen-bond donors (Lipinski definition) is 3. The molecular weight excluding hydrogens is 546 g/mol. The van der Waals surface area contributed by atoms with Gasteiger partial charge in [0.2, 0.25) is 5.91 Å². The van der Waals surface area contributed by atoms with E-state index in [0.29, 0.717) is 32.4 Å². The third-order valence-electron chi connectivity index (χ3n) is 7.83. The van der Waals surface area contributed by atoms with E-state index in [4.69, 9.17) is 14.6 Å². The fourth-order valence-electron chi connectivity index (χ4n) is 5.41. The van der Waals surface area contributed by atoms with Gasteiger partial charge >= 0.3 is 5.97 Å². The number of fused-ring (bicyclic) bond motifs is 1. The number of ether oxygens (including phenoxy) is 2. The summed E-state index contributed by atoms with van der Waals surface area (Å²) < 4.78 is 15.1. The van der Waals surface area contributed by atoms with Crippen LogP contribution >= 0.6 is 0 Å². The van der Waals surface area contributed by atoms with E-state index >= 15 is 0 Å². The molecule has 3 aromatic carbocycles. The van der Waals surface area contributed by atoms with Gasteiger partial charge in [0.15, 0.2) is 6.29 Å². The molecule has 1 aromatic heterocycles. The molecule has 1 saturated heterocycles. The number of aliphatic hydroxyl groups is 1. The number of aliphatic hydroxyl groups excluding tert-OH is 1. The molecule has 3 N–H and O–H groups in total. The summed E-state index contributed by atoms with van der Waals surface area (Å²) in [7, 11) is 0. The van der Waals surface area contributed by atoms with Gasteiger partial charge in [-0.05, 0) is 41.7 Å². The van der Waals surface area contributed by atoms with Crippen LogP contribution in [-0.2, 0) is 38.8 Å². The normalized spacial score (nSPS) is 18.5. The van der Waals surface area contributed by atoms with Gasteiger partial charge in [0.25, 0.3) is 0 Å². The summed E-state index contributed by atoms with van der Waals surface area (Å²) in [5.74, 6) is -0.784. The molecule has 1 aliphatic heterocycles. The van der Waals surface area contributed by atoms with Crippen LogP contribution in [-0.4, -0.2) is 37.7 Å². The molecule has 226 valence electrons. The summed E-state index contributed by atoms with van der Waals surface area (Å²) in [5, 5.41) is 21.1. The minimum atomic E-state index is -0.776. The van der Waals surface area contributed by atoms with Gasteiger partial charge < -0.3 is 29.6 Å². The van der Waals surface area contributed by atoms with Crippen molar-refractivity contribution in [2.75, 3.05) is 0 Å². The third-order valence-corrected chi connectivity index (χ3v) is 7.83. The number of rotatable bonds is 14. The Morgan fingerprint density at radius 2 is 1.56 bits per heavy atom. The summed E-state index contributed by atoms with van der Waals surface area (Å²) >= 11 is 0. The SMILES string of the molecule is O=C(O)CCCCCCC(=O)NCc1ccc(C2OC(Cn3cnc4ccccc43)CC(c3ccc(CO)cc3)O2)cc1. The number of aliphatic carboxylic acids is 1. The molecule has 5 rings (SSSR count). The molecule has 0 saturated carbocycles. The average molecular weight is 586 g/mol. The van der Waals surface area contributed by atoms with Crippen LogP contribution in [0.5, 0.6) is 0 Å². The number of carboxylic acids is 1. The predicted octanol–water partition coefficient (Wildman–Crippen LogP) is 5.82. The van der Waals surface area contributed by atoms with Crippen molar-refractivity contribution in [1.29, 1.82) is 0 Å². The van der Waals surface area contributed by atoms with Crippen molar-refractivity contribution >= 4 is 22.9 Å². The lowest BCUT2D eigenvalue weighted by Gasteiger charge is -2.36. The van der Waals surface area contributed by atoms with E-state index < -0.39 is 12.3 Å². The molecule has 3 unspecified atom stereocenters. The van der Waals surface area contributed by atoms with Crippen molar-refractivity contribution in [3.05, 3.63) is 101 Å². The second-order valence-corrected chi connectivity index (χ2v) is 11.1. The summed E-state index contributed by atoms with van der Waals surface area (Å²) in [6.45, 7) is 1.06. The average Bonchev–Trinajstić information content (AvgIpc) is 3.44. The highest BCUT2D eigenvalue weighted by atomic mass is 16.7. The largest absolute Gasteiger partial charge is 0.481 e. The summed E-state index contributed by atoms with van der Waals surface area (Å²) in [5.41, 5.74) is 5.77. The number of unbranched alkanes of at least 4 members (excludes halogenated alkanes) is 3. The Hall–Kier alpha value is -4.05. The van der Waals surface area contributed by atoms with Crippen molar-refractivity contribution in [2.45, 2.75) is 83.1 Å². The van der Waals surface area contributed by atoms with Crippen LogP contribution in [0.15, 0.2) is 79.1 Å². The minimum Gasteiger partial charge on any atom is -0.481 e. The first-order chi connectivity index (χ1) is 21.0. The molecule has 2 heterocycles. The van der Waals surface area contributed by atoms with E-state index in [1.165, 1.54) is 0 Å². The molecule has 0 bridgehead atoms. The Bertz CT molecular complexity index is 1480. The Morgan fingerprint density at radius 1 is 0.860 bits per heavy atom. The molecule has 1 fully saturated rings. The molecule has 9 nitrogen and oxygen atoms in total. The smallest absolute Gasteiger partial charge is 0.303 e. The number of carbonyl (C=O) groups is 2. The van der Waals surface area contributed by atoms with E-state index in [-0.39, 0.29) is 31.1 Å². The first kappa shape index (κ1) is 30.4. The number of amides is 1. The van der Waals surface area contributed by atoms with Gasteiger partial charge in [-0.2, -0.15) is 0 Å². The molecule has 0 spiro atoms. The highest BCUT2D eigenvalue weighted by molar-refractivity contribution is 5.76. The number of carbonyl (C=O) groups excluding carboxylic acids is 1. The maximum absolute atomic E-state index is 12.3. The first-order valence-electron chi connectivity index (χ1n) is 15.0. The van der Waals surface area contributed by atoms with E-state index in [0.717, 1.165) is 52.5 Å². The van der Waals surface area contributed by atoms with Crippen molar-refractivity contribution in [3.8, 4) is 0 Å². The Morgan fingerprint density at radius 3 is 2.30 bits per heavy atom. The fourth-order valence-corrected chi connectivity index (χ4v) is 5.41. The summed E-state index contributed by atoms with van der Waals surface area (Å²) in [4.78, 5) is 27.4. The van der Waals surface area contributed by atoms with Crippen molar-refractivity contribution in [3.63, 3.8) is 0 Å². The second-order valence-electron chi connectivity index (χ2n) is 11.1. The fraction of sp³-hybridized carbons (Fsp3) is 0.382. The van der Waals surface area contributed by atoms with Crippen molar-refractivity contribution in [2.24, 2.45) is 0 Å². The third kappa shape index (κ3) is 8.50. The van der Waals surface area contributed by atoms with Gasteiger partial charge in [0, 0.05) is 31.4 Å². The summed E-state index contributed by atoms with van der Waals surface area (Å²) in [6, 6.07) is 23.8. The van der Waals surface area contributed by atoms with Crippen molar-refractivity contribution in [1.82, 2.24) is 14.9 Å². The molecule has 4 aromatic rings. The van der Waals surface area contributed by atoms with Crippen LogP contribution in [0, 0.1) is 0 Å². The maximum Gasteiger partial charge on any atom is 0.303 e. The number of nitrogens with one attached hydrogen (secondary N) is 1. The predicted molar refractivity (Wildman–Crippen MR) is 162 cm³/mol. The zero-order valence-corrected chi connectivity index (χ0v) is 24.2. The molecule has 0 radical (unpaired) electrons. The number of carboxylic acid groups (broad SMARTS) is 1. The lowest BCUT2D eigenvalue weighted by molar-refractivity contribution is -0.252. The monoisotopic (exact) mass is 585 g/mol. The van der Waals surface area contributed by atoms with Gasteiger partial charge in [-0.1, -0.05) is 73.5 Å². The lowest BCUT2D eigenvalue weighted by Crippen LogP contribution is -2.32. The van der Waals surface area contributed by atoms with Gasteiger partial charge in [-0.25, -0.2) is 4.98 Å². The number of para-hydroxylation sites is 2. The van der Waals surface area contributed by atoms with Crippen LogP contribution in [0.4, 0.5) is 0 Å². The highest BCUT2D eigenvalue weighted by Crippen LogP contribution is 2.38. The van der Waals surface area contributed by atoms with E-state index in [2.05, 4.69) is 20.9 Å². The van der Waals surface area contributed by atoms with Crippen LogP contribution in [0.2, 0.25) is 0 Å². The summed E-state index contributed by atoms with van der Waals surface area (Å²) in [6.07, 6.45) is 5.33. The molecular formula is C34H39N3O6. The van der Waals surface area contributed by atoms with E-state index in [1.807, 2.05) is 73.1 Å². The highest BCUT2D eigenvalue weighted by Gasteiger charge is 2.32. The lowest BCUT2D eigenvalue weighted by atomic mass is 9.99. The van der Waals surface area contributed by atoms with Crippen LogP contribution < -0.4 is 5.32 Å². The molecule has 9 heteroatoms. The maximum atomic E-state index is 12.3. The van der Waals surface area contributed by atoms with Gasteiger partial charge in [0.05, 0.1) is 42.7 Å². The minimum absolute atomic E-state index is 0.00469. The number of hydrogen-bond acceptors (Lipinski definition) is 6. The van der Waals surface area contributed by atoms with Gasteiger partial charge in [-0.15, -0.1) is 0 Å². The van der Waals surface area contributed by atoms with Crippen molar-refractivity contribution < 1.29 is 29.3 Å². The van der Waals surface area contributed by atoms with E-state index in [1.54, 1.807) is 0 Å². The molecule has 1 amide bonds. The number of imidazole rings is 1. The topological polar surface area (TPSA) is 123 Å². The van der Waals surface area contributed by atoms with Crippen LogP contribution in [0.25, 0.3) is 11.0 Å². The zero-order valence-electron chi connectivity index (χ0n) is 24.2. The molecule has 3 atom stereocenters. The molecule has 1 aliphatic rings. The quantitative estimate of drug-likeness (QED) is 0.160. The van der Waals surface area contributed by atoms with Crippen LogP contribution in [0.3, 0.4) is 0 Å². The van der Waals surface area contributed by atoms with Gasteiger partial charge in [-0.3, -0.25) is 9.59 Å². The Kier molecular flexibility index (Phi) is 10.5. The number of aromatic nitrogens is 2. The Labute approximate surface area is 251 Å². The number of benzene rings is 3. The molecule has 0 aliphatic carbocycles. The Balaban J connectivity index is 1.20. The standard InChI is InChI=1S/C34H39N3O6/c38-22-25-13-15-26(16-14-25)31-19-28(21-37-23-36-29-7-5-6-8-30(29)37)42-34(43-31)27-17-11-24(12-18-27)20-35-32(39)9-3-1-2-4-10-33(40)41/h5-8,11-18,23,28,31,34,38H,1-4,9-10,19-22H2,(H,35,39)(H,40,41). The molecule has 43 heavy (non-hydrogen) atoms. The first-order valence-corrected chi connectivity index (χ1v) is 15.0.